The fourth-order valence-electron chi connectivity index (χ4n) is 3.34. The first-order chi connectivity index (χ1) is 13.7. The van der Waals surface area contributed by atoms with Crippen molar-refractivity contribution < 1.29 is 4.74 Å². The molecule has 0 unspecified atom stereocenters. The third kappa shape index (κ3) is 4.72. The van der Waals surface area contributed by atoms with Crippen molar-refractivity contribution in [2.45, 2.75) is 25.7 Å². The van der Waals surface area contributed by atoms with Crippen molar-refractivity contribution in [1.82, 2.24) is 9.88 Å². The number of allylic oxidation sites excluding steroid dienone is 1. The van der Waals surface area contributed by atoms with E-state index in [1.807, 2.05) is 18.2 Å². The van der Waals surface area contributed by atoms with Crippen molar-refractivity contribution in [2.75, 3.05) is 19.7 Å². The van der Waals surface area contributed by atoms with Crippen molar-refractivity contribution in [2.24, 2.45) is 10.9 Å². The molecule has 0 amide bonds. The second-order valence-corrected chi connectivity index (χ2v) is 7.85. The number of hydrogen-bond donors (Lipinski definition) is 1. The summed E-state index contributed by atoms with van der Waals surface area (Å²) in [6.45, 7) is 2.65. The Morgan fingerprint density at radius 2 is 2.00 bits per heavy atom. The molecule has 1 aromatic heterocycles. The Balaban J connectivity index is 1.37. The molecule has 1 saturated heterocycles. The lowest BCUT2D eigenvalue weighted by Gasteiger charge is -2.26. The molecule has 2 aliphatic rings. The summed E-state index contributed by atoms with van der Waals surface area (Å²) in [6, 6.07) is 11.6. The summed E-state index contributed by atoms with van der Waals surface area (Å²) in [5.74, 6) is 1.36. The highest BCUT2D eigenvalue weighted by Gasteiger charge is 2.16. The molecule has 3 heterocycles. The molecule has 146 valence electrons. The van der Waals surface area contributed by atoms with Gasteiger partial charge in [-0.3, -0.25) is 14.4 Å². The molecule has 0 bridgehead atoms. The predicted octanol–water partition coefficient (Wildman–Crippen LogP) is 3.68. The van der Waals surface area contributed by atoms with Gasteiger partial charge in [0.2, 0.25) is 0 Å². The number of aliphatic imine (C=N–C) groups is 1. The minimum absolute atomic E-state index is 0.112. The second-order valence-electron chi connectivity index (χ2n) is 7.36. The van der Waals surface area contributed by atoms with Crippen LogP contribution in [0.2, 0.25) is 0 Å². The summed E-state index contributed by atoms with van der Waals surface area (Å²) in [5.41, 5.74) is 2.99. The smallest absolute Gasteiger partial charge is 0.258 e. The van der Waals surface area contributed by atoms with E-state index in [2.05, 4.69) is 22.4 Å². The third-order valence-corrected chi connectivity index (χ3v) is 5.54. The van der Waals surface area contributed by atoms with E-state index in [-0.39, 0.29) is 5.56 Å². The summed E-state index contributed by atoms with van der Waals surface area (Å²) < 4.78 is 7.35. The normalized spacial score (nSPS) is 16.9. The molecule has 5 nitrogen and oxygen atoms in total. The number of halogens is 1. The van der Waals surface area contributed by atoms with Gasteiger partial charge >= 0.3 is 0 Å². The molecule has 2 aromatic rings. The van der Waals surface area contributed by atoms with E-state index >= 15 is 0 Å². The van der Waals surface area contributed by atoms with Crippen molar-refractivity contribution in [1.29, 1.82) is 0 Å². The number of aryl methyl sites for hydroxylation is 1. The number of benzene rings is 1. The zero-order chi connectivity index (χ0) is 19.3. The summed E-state index contributed by atoms with van der Waals surface area (Å²) >= 11 is 5.91. The molecule has 28 heavy (non-hydrogen) atoms. The van der Waals surface area contributed by atoms with E-state index < -0.39 is 0 Å². The predicted molar refractivity (Wildman–Crippen MR) is 113 cm³/mol. The number of hydrogen-bond acceptors (Lipinski definition) is 4. The van der Waals surface area contributed by atoms with Crippen LogP contribution in [0, 0.1) is 5.92 Å². The Morgan fingerprint density at radius 1 is 1.18 bits per heavy atom. The second kappa shape index (κ2) is 8.76. The lowest BCUT2D eigenvalue weighted by Crippen LogP contribution is -2.42. The fourth-order valence-corrected chi connectivity index (χ4v) is 3.48. The Labute approximate surface area is 169 Å². The minimum atomic E-state index is -0.112. The van der Waals surface area contributed by atoms with Crippen LogP contribution in [-0.2, 0) is 6.42 Å². The highest BCUT2D eigenvalue weighted by Crippen LogP contribution is 2.18. The van der Waals surface area contributed by atoms with Gasteiger partial charge in [0.15, 0.2) is 0 Å². The van der Waals surface area contributed by atoms with Crippen LogP contribution in [0.25, 0.3) is 5.69 Å². The molecule has 4 rings (SSSR count). The lowest BCUT2D eigenvalue weighted by atomic mass is 9.95. The zero-order valence-corrected chi connectivity index (χ0v) is 16.5. The molecular formula is C22H24ClN3O2. The standard InChI is InChI=1S/C22H24ClN3O2/c23-18-5-6-19(25-14-18)15-28-21-9-10-26(22(27)11-21)20-7-3-16(4-8-20)1-2-17-12-24-13-17/h3-4,7-11,14,17,24H,1-2,5-6,12-13,15H2. The van der Waals surface area contributed by atoms with Gasteiger partial charge in [-0.1, -0.05) is 23.7 Å². The average molecular weight is 398 g/mol. The van der Waals surface area contributed by atoms with Gasteiger partial charge in [0, 0.05) is 29.2 Å². The number of aromatic nitrogens is 1. The Bertz CT molecular complexity index is 943. The quantitative estimate of drug-likeness (QED) is 0.775. The fraction of sp³-hybridized carbons (Fsp3) is 0.364. The van der Waals surface area contributed by atoms with E-state index in [9.17, 15) is 4.79 Å². The molecule has 2 aliphatic heterocycles. The molecule has 1 N–H and O–H groups in total. The van der Waals surface area contributed by atoms with Crippen LogP contribution in [0.5, 0.6) is 5.75 Å². The first kappa shape index (κ1) is 19.0. The molecule has 6 heteroatoms. The zero-order valence-electron chi connectivity index (χ0n) is 15.7. The third-order valence-electron chi connectivity index (χ3n) is 5.26. The van der Waals surface area contributed by atoms with Crippen molar-refractivity contribution in [3.8, 4) is 11.4 Å². The van der Waals surface area contributed by atoms with Crippen molar-refractivity contribution >= 4 is 17.3 Å². The number of ether oxygens (including phenoxy) is 1. The first-order valence-electron chi connectivity index (χ1n) is 9.73. The highest BCUT2D eigenvalue weighted by molar-refractivity contribution is 6.29. The minimum Gasteiger partial charge on any atom is -0.487 e. The van der Waals surface area contributed by atoms with Gasteiger partial charge in [0.05, 0.1) is 5.71 Å². The SMILES string of the molecule is O=c1cc(OCC2=NC=C(Cl)CC2)ccn1-c1ccc(CCC2CNC2)cc1. The molecule has 0 spiro atoms. The Kier molecular flexibility index (Phi) is 5.93. The maximum Gasteiger partial charge on any atom is 0.258 e. The molecular weight excluding hydrogens is 374 g/mol. The van der Waals surface area contributed by atoms with Gasteiger partial charge in [0.1, 0.15) is 12.4 Å². The maximum atomic E-state index is 12.5. The van der Waals surface area contributed by atoms with Crippen molar-refractivity contribution in [3.05, 3.63) is 69.7 Å². The lowest BCUT2D eigenvalue weighted by molar-refractivity contribution is 0.328. The summed E-state index contributed by atoms with van der Waals surface area (Å²) in [4.78, 5) is 16.8. The van der Waals surface area contributed by atoms with E-state index in [0.717, 1.165) is 54.7 Å². The number of nitrogens with zero attached hydrogens (tertiary/aromatic N) is 2. The number of rotatable bonds is 7. The molecule has 1 aromatic carbocycles. The van der Waals surface area contributed by atoms with Crippen molar-refractivity contribution in [3.63, 3.8) is 0 Å². The largest absolute Gasteiger partial charge is 0.487 e. The van der Waals surface area contributed by atoms with Crippen LogP contribution in [0.3, 0.4) is 0 Å². The van der Waals surface area contributed by atoms with Gasteiger partial charge in [-0.25, -0.2) is 0 Å². The molecule has 0 radical (unpaired) electrons. The van der Waals surface area contributed by atoms with Crippen LogP contribution in [0.1, 0.15) is 24.8 Å². The van der Waals surface area contributed by atoms with Gasteiger partial charge in [-0.2, -0.15) is 0 Å². The Hall–Kier alpha value is -2.37. The highest BCUT2D eigenvalue weighted by atomic mass is 35.5. The van der Waals surface area contributed by atoms with E-state index in [1.165, 1.54) is 18.1 Å². The van der Waals surface area contributed by atoms with Crippen LogP contribution < -0.4 is 15.6 Å². The van der Waals surface area contributed by atoms with Gasteiger partial charge in [-0.15, -0.1) is 0 Å². The molecule has 0 aliphatic carbocycles. The summed E-state index contributed by atoms with van der Waals surface area (Å²) in [5, 5.41) is 4.07. The summed E-state index contributed by atoms with van der Waals surface area (Å²) in [6.07, 6.45) is 7.29. The van der Waals surface area contributed by atoms with E-state index in [1.54, 1.807) is 17.0 Å². The van der Waals surface area contributed by atoms with Crippen LogP contribution in [-0.4, -0.2) is 30.0 Å². The first-order valence-corrected chi connectivity index (χ1v) is 10.1. The van der Waals surface area contributed by atoms with Gasteiger partial charge in [-0.05, 0) is 68.5 Å². The van der Waals surface area contributed by atoms with Gasteiger partial charge in [0.25, 0.3) is 5.56 Å². The van der Waals surface area contributed by atoms with E-state index in [0.29, 0.717) is 12.4 Å². The van der Waals surface area contributed by atoms with Crippen LogP contribution in [0.15, 0.2) is 63.6 Å². The monoisotopic (exact) mass is 397 g/mol. The topological polar surface area (TPSA) is 55.6 Å². The molecule has 0 saturated carbocycles. The van der Waals surface area contributed by atoms with E-state index in [4.69, 9.17) is 16.3 Å². The number of nitrogens with one attached hydrogen (secondary N) is 1. The maximum absolute atomic E-state index is 12.5. The molecule has 1 fully saturated rings. The Morgan fingerprint density at radius 3 is 2.64 bits per heavy atom. The average Bonchev–Trinajstić information content (AvgIpc) is 2.67. The number of pyridine rings is 1. The van der Waals surface area contributed by atoms with Crippen LogP contribution >= 0.6 is 11.6 Å². The summed E-state index contributed by atoms with van der Waals surface area (Å²) in [7, 11) is 0. The molecule has 0 atom stereocenters. The van der Waals surface area contributed by atoms with Crippen LogP contribution in [0.4, 0.5) is 0 Å². The van der Waals surface area contributed by atoms with Gasteiger partial charge < -0.3 is 10.1 Å².